The number of ether oxygens (including phenoxy) is 1. The summed E-state index contributed by atoms with van der Waals surface area (Å²) in [6.45, 7) is 18.1. The number of carbonyl (C=O) groups excluding carboxylic acids is 1. The summed E-state index contributed by atoms with van der Waals surface area (Å²) in [5.74, 6) is -0.0811. The van der Waals surface area contributed by atoms with E-state index in [0.29, 0.717) is 6.61 Å². The quantitative estimate of drug-likeness (QED) is 0.428. The summed E-state index contributed by atoms with van der Waals surface area (Å²) in [6.07, 6.45) is 0. The molecule has 0 heterocycles. The van der Waals surface area contributed by atoms with Crippen molar-refractivity contribution < 1.29 is 9.53 Å². The zero-order valence-corrected chi connectivity index (χ0v) is 14.7. The van der Waals surface area contributed by atoms with E-state index in [1.807, 2.05) is 6.92 Å². The molecule has 0 saturated heterocycles. The highest BCUT2D eigenvalue weighted by atomic mass is 28.3. The lowest BCUT2D eigenvalue weighted by atomic mass is 10.3. The summed E-state index contributed by atoms with van der Waals surface area (Å²) in [7, 11) is -2.80. The molecule has 0 amide bonds. The van der Waals surface area contributed by atoms with Crippen LogP contribution in [0.25, 0.3) is 0 Å². The van der Waals surface area contributed by atoms with Gasteiger partial charge in [0.1, 0.15) is 0 Å². The first-order valence-electron chi connectivity index (χ1n) is 6.36. The third-order valence-electron chi connectivity index (χ3n) is 2.45. The Morgan fingerprint density at radius 1 is 1.06 bits per heavy atom. The van der Waals surface area contributed by atoms with Gasteiger partial charge in [0, 0.05) is 13.3 Å². The van der Waals surface area contributed by atoms with Crippen molar-refractivity contribution in [2.45, 2.75) is 59.2 Å². The second-order valence-electron chi connectivity index (χ2n) is 6.86. The van der Waals surface area contributed by atoms with Crippen LogP contribution in [0.5, 0.6) is 0 Å². The van der Waals surface area contributed by atoms with E-state index in [9.17, 15) is 4.79 Å². The lowest BCUT2D eigenvalue weighted by Gasteiger charge is -2.25. The Balaban J connectivity index is 5.31. The minimum atomic E-state index is -1.62. The van der Waals surface area contributed by atoms with Crippen molar-refractivity contribution in [2.75, 3.05) is 6.61 Å². The molecule has 0 rings (SSSR count). The van der Waals surface area contributed by atoms with Gasteiger partial charge in [-0.1, -0.05) is 44.9 Å². The van der Waals surface area contributed by atoms with Crippen LogP contribution in [0.1, 0.15) is 13.8 Å². The fourth-order valence-corrected chi connectivity index (χ4v) is 6.21. The van der Waals surface area contributed by atoms with E-state index in [-0.39, 0.29) is 5.97 Å². The van der Waals surface area contributed by atoms with Gasteiger partial charge in [0.05, 0.1) is 14.7 Å². The number of hydrogen-bond donors (Lipinski definition) is 0. The Bertz CT molecular complexity index is 306. The van der Waals surface area contributed by atoms with Crippen molar-refractivity contribution in [1.29, 1.82) is 0 Å². The molecule has 0 N–H and O–H groups in total. The molecule has 0 spiro atoms. The Morgan fingerprint density at radius 2 is 1.53 bits per heavy atom. The van der Waals surface area contributed by atoms with Gasteiger partial charge in [0.2, 0.25) is 0 Å². The van der Waals surface area contributed by atoms with Crippen LogP contribution in [0.2, 0.25) is 45.3 Å². The fourth-order valence-electron chi connectivity index (χ4n) is 2.21. The zero-order chi connectivity index (χ0) is 13.9. The number of hydrogen-bond acceptors (Lipinski definition) is 2. The molecule has 0 aliphatic heterocycles. The third kappa shape index (κ3) is 6.22. The van der Waals surface area contributed by atoms with E-state index in [4.69, 9.17) is 4.74 Å². The first-order chi connectivity index (χ1) is 7.49. The topological polar surface area (TPSA) is 26.3 Å². The summed E-state index contributed by atoms with van der Waals surface area (Å²) in [4.78, 5) is 12.1. The smallest absolute Gasteiger partial charge is 0.329 e. The van der Waals surface area contributed by atoms with Gasteiger partial charge in [-0.3, -0.25) is 0 Å². The van der Waals surface area contributed by atoms with Crippen molar-refractivity contribution in [1.82, 2.24) is 0 Å². The predicted octanol–water partition coefficient (Wildman–Crippen LogP) is 4.08. The molecule has 0 saturated carbocycles. The lowest BCUT2D eigenvalue weighted by Crippen LogP contribution is -2.33. The number of esters is 1. The van der Waals surface area contributed by atoms with Crippen LogP contribution in [0.15, 0.2) is 10.8 Å². The monoisotopic (exact) mass is 272 g/mol. The molecule has 0 unspecified atom stereocenters. The Kier molecular flexibility index (Phi) is 5.88. The van der Waals surface area contributed by atoms with Crippen LogP contribution in [-0.4, -0.2) is 28.7 Å². The minimum absolute atomic E-state index is 0.0811. The molecule has 0 aromatic carbocycles. The Labute approximate surface area is 108 Å². The summed E-state index contributed by atoms with van der Waals surface area (Å²) < 4.78 is 5.22. The Hall–Kier alpha value is -0.356. The van der Waals surface area contributed by atoms with E-state index in [1.54, 1.807) is 0 Å². The van der Waals surface area contributed by atoms with Gasteiger partial charge in [0.15, 0.2) is 0 Å². The zero-order valence-electron chi connectivity index (χ0n) is 12.7. The maximum Gasteiger partial charge on any atom is 0.329 e. The summed E-state index contributed by atoms with van der Waals surface area (Å²) >= 11 is 0. The van der Waals surface area contributed by atoms with Crippen molar-refractivity contribution in [2.24, 2.45) is 0 Å². The van der Waals surface area contributed by atoms with Crippen LogP contribution in [0, 0.1) is 0 Å². The molecule has 0 aromatic heterocycles. The minimum Gasteiger partial charge on any atom is -0.463 e. The molecular weight excluding hydrogens is 244 g/mol. The summed E-state index contributed by atoms with van der Waals surface area (Å²) in [6, 6.07) is 1.09. The van der Waals surface area contributed by atoms with Gasteiger partial charge < -0.3 is 4.74 Å². The summed E-state index contributed by atoms with van der Waals surface area (Å²) in [5.41, 5.74) is 1.27. The van der Waals surface area contributed by atoms with Crippen LogP contribution in [0.4, 0.5) is 0 Å². The molecule has 17 heavy (non-hydrogen) atoms. The highest BCUT2D eigenvalue weighted by Crippen LogP contribution is 2.26. The second-order valence-corrected chi connectivity index (χ2v) is 17.3. The number of carbonyl (C=O) groups is 1. The first kappa shape index (κ1) is 16.6. The number of allylic oxidation sites excluding steroid dienone is 1. The standard InChI is InChI=1S/C13H28O2Si2/c1-9-15-13(14)12(17(6,7)8)11(2)10-16(3,4)5/h9-10H2,1-8H3/b12-11+. The molecule has 4 heteroatoms. The van der Waals surface area contributed by atoms with E-state index in [2.05, 4.69) is 46.2 Å². The van der Waals surface area contributed by atoms with Crippen LogP contribution < -0.4 is 0 Å². The van der Waals surface area contributed by atoms with E-state index < -0.39 is 16.1 Å². The average Bonchev–Trinajstić information content (AvgIpc) is 1.96. The molecule has 0 aliphatic carbocycles. The van der Waals surface area contributed by atoms with E-state index >= 15 is 0 Å². The molecule has 0 atom stereocenters. The highest BCUT2D eigenvalue weighted by Gasteiger charge is 2.30. The average molecular weight is 273 g/mol. The highest BCUT2D eigenvalue weighted by molar-refractivity contribution is 6.87. The van der Waals surface area contributed by atoms with Crippen molar-refractivity contribution in [3.05, 3.63) is 10.8 Å². The molecular formula is C13H28O2Si2. The molecule has 0 fully saturated rings. The van der Waals surface area contributed by atoms with Crippen LogP contribution in [0.3, 0.4) is 0 Å². The van der Waals surface area contributed by atoms with Gasteiger partial charge in [-0.15, -0.1) is 0 Å². The SMILES string of the molecule is CCOC(=O)/C(=C(/C)C[Si](C)(C)C)[Si](C)(C)C. The van der Waals surface area contributed by atoms with Crippen molar-refractivity contribution in [3.63, 3.8) is 0 Å². The maximum atomic E-state index is 12.1. The van der Waals surface area contributed by atoms with Gasteiger partial charge in [0.25, 0.3) is 0 Å². The molecule has 2 nitrogen and oxygen atoms in total. The lowest BCUT2D eigenvalue weighted by molar-refractivity contribution is -0.137. The Morgan fingerprint density at radius 3 is 1.82 bits per heavy atom. The van der Waals surface area contributed by atoms with Crippen LogP contribution >= 0.6 is 0 Å². The molecule has 0 bridgehead atoms. The maximum absolute atomic E-state index is 12.1. The number of rotatable bonds is 5. The molecule has 100 valence electrons. The molecule has 0 radical (unpaired) electrons. The van der Waals surface area contributed by atoms with E-state index in [1.165, 1.54) is 5.57 Å². The third-order valence-corrected chi connectivity index (χ3v) is 6.17. The normalized spacial score (nSPS) is 14.4. The van der Waals surface area contributed by atoms with Gasteiger partial charge in [-0.05, 0) is 19.9 Å². The van der Waals surface area contributed by atoms with Crippen LogP contribution in [-0.2, 0) is 9.53 Å². The molecule has 0 aromatic rings. The van der Waals surface area contributed by atoms with Crippen molar-refractivity contribution in [3.8, 4) is 0 Å². The second kappa shape index (κ2) is 6.00. The fraction of sp³-hybridized carbons (Fsp3) is 0.769. The first-order valence-corrected chi connectivity index (χ1v) is 13.6. The summed E-state index contributed by atoms with van der Waals surface area (Å²) in [5, 5.41) is 1.00. The largest absolute Gasteiger partial charge is 0.463 e. The van der Waals surface area contributed by atoms with Gasteiger partial charge in [-0.25, -0.2) is 4.79 Å². The van der Waals surface area contributed by atoms with Crippen molar-refractivity contribution >= 4 is 22.1 Å². The van der Waals surface area contributed by atoms with E-state index in [0.717, 1.165) is 11.2 Å². The molecule has 0 aliphatic rings. The van der Waals surface area contributed by atoms with Gasteiger partial charge >= 0.3 is 5.97 Å². The predicted molar refractivity (Wildman–Crippen MR) is 80.8 cm³/mol. The van der Waals surface area contributed by atoms with Gasteiger partial charge in [-0.2, -0.15) is 0 Å².